The molecule has 0 spiro atoms. The van der Waals surface area contributed by atoms with Crippen LogP contribution < -0.4 is 56.7 Å². The number of amides is 1. The van der Waals surface area contributed by atoms with E-state index in [0.717, 1.165) is 61.0 Å². The first-order chi connectivity index (χ1) is 14.0. The summed E-state index contributed by atoms with van der Waals surface area (Å²) in [5.74, 6) is 1.06. The van der Waals surface area contributed by atoms with Crippen molar-refractivity contribution >= 4 is 12.2 Å². The van der Waals surface area contributed by atoms with Gasteiger partial charge in [0.05, 0.1) is 19.2 Å². The van der Waals surface area contributed by atoms with Crippen molar-refractivity contribution in [2.45, 2.75) is 46.0 Å². The molecule has 1 saturated carbocycles. The van der Waals surface area contributed by atoms with E-state index < -0.39 is 0 Å². The van der Waals surface area contributed by atoms with E-state index in [1.165, 1.54) is 0 Å². The molecule has 0 atom stereocenters. The average molecular weight is 450 g/mol. The molecule has 1 amide bonds. The Morgan fingerprint density at radius 3 is 2.48 bits per heavy atom. The summed E-state index contributed by atoms with van der Waals surface area (Å²) in [4.78, 5) is 22.5. The molecule has 0 heterocycles. The third-order valence-corrected chi connectivity index (χ3v) is 4.87. The number of benzene rings is 1. The molecule has 0 aromatic heterocycles. The van der Waals surface area contributed by atoms with Gasteiger partial charge in [0.25, 0.3) is 0 Å². The summed E-state index contributed by atoms with van der Waals surface area (Å²) in [5.41, 5.74) is 3.32. The summed E-state index contributed by atoms with van der Waals surface area (Å²) >= 11 is 0. The van der Waals surface area contributed by atoms with Gasteiger partial charge in [-0.25, -0.2) is 0 Å². The van der Waals surface area contributed by atoms with E-state index in [2.05, 4.69) is 25.2 Å². The maximum Gasteiger partial charge on any atom is 1.00 e. The average Bonchev–Trinajstić information content (AvgIpc) is 2.75. The summed E-state index contributed by atoms with van der Waals surface area (Å²) in [6.45, 7) is 11.4. The Hall–Kier alpha value is -1.11. The number of aryl methyl sites for hydroxylation is 1. The molecule has 0 aliphatic heterocycles. The first-order valence-electron chi connectivity index (χ1n) is 10.0. The SMILES string of the molecule is C=C/C=C(\C=C(/CC)OC)NC(=O)C1CC[CH-]CC1.[CH2-]c1c(C)cccc1C=O.[CH3-].[K+]. The first kappa shape index (κ1) is 32.1. The smallest absolute Gasteiger partial charge is 0.501 e. The second-order valence-corrected chi connectivity index (χ2v) is 6.92. The van der Waals surface area contributed by atoms with Gasteiger partial charge in [-0.05, 0) is 12.2 Å². The van der Waals surface area contributed by atoms with Crippen LogP contribution in [-0.2, 0) is 9.53 Å². The maximum absolute atomic E-state index is 12.2. The molecule has 1 aromatic carbocycles. The Labute approximate surface area is 232 Å². The number of ether oxygens (including phenoxy) is 1. The molecule has 0 saturated heterocycles. The van der Waals surface area contributed by atoms with Gasteiger partial charge < -0.3 is 28.7 Å². The quantitative estimate of drug-likeness (QED) is 0.229. The van der Waals surface area contributed by atoms with Crippen LogP contribution in [0.2, 0.25) is 0 Å². The first-order valence-corrected chi connectivity index (χ1v) is 10.0. The van der Waals surface area contributed by atoms with Gasteiger partial charge in [-0.2, -0.15) is 30.9 Å². The fraction of sp³-hybridized carbons (Fsp3) is 0.346. The number of aldehydes is 1. The molecule has 0 unspecified atom stereocenters. The van der Waals surface area contributed by atoms with Gasteiger partial charge >= 0.3 is 51.4 Å². The third kappa shape index (κ3) is 11.9. The van der Waals surface area contributed by atoms with Crippen LogP contribution in [0, 0.1) is 33.6 Å². The molecule has 1 N–H and O–H groups in total. The van der Waals surface area contributed by atoms with Gasteiger partial charge in [0, 0.05) is 18.0 Å². The van der Waals surface area contributed by atoms with Gasteiger partial charge in [0.2, 0.25) is 5.91 Å². The Morgan fingerprint density at radius 2 is 2.00 bits per heavy atom. The normalized spacial score (nSPS) is 14.0. The fourth-order valence-electron chi connectivity index (χ4n) is 3.00. The van der Waals surface area contributed by atoms with Crippen molar-refractivity contribution < 1.29 is 65.7 Å². The van der Waals surface area contributed by atoms with E-state index in [1.807, 2.05) is 32.1 Å². The van der Waals surface area contributed by atoms with Crippen molar-refractivity contribution in [3.63, 3.8) is 0 Å². The van der Waals surface area contributed by atoms with Crippen molar-refractivity contribution in [3.8, 4) is 0 Å². The zero-order chi connectivity index (χ0) is 21.6. The molecule has 1 aromatic rings. The van der Waals surface area contributed by atoms with Gasteiger partial charge in [-0.3, -0.25) is 4.79 Å². The van der Waals surface area contributed by atoms with E-state index in [4.69, 9.17) is 4.74 Å². The predicted octanol–water partition coefficient (Wildman–Crippen LogP) is 2.95. The van der Waals surface area contributed by atoms with E-state index >= 15 is 0 Å². The van der Waals surface area contributed by atoms with E-state index in [9.17, 15) is 9.59 Å². The maximum atomic E-state index is 12.2. The van der Waals surface area contributed by atoms with Crippen LogP contribution in [0.25, 0.3) is 0 Å². The number of allylic oxidation sites excluding steroid dienone is 4. The Kier molecular flexibility index (Phi) is 19.1. The number of methoxy groups -OCH3 is 1. The Bertz CT molecular complexity index is 741. The molecule has 0 radical (unpaired) electrons. The summed E-state index contributed by atoms with van der Waals surface area (Å²) < 4.78 is 5.23. The minimum Gasteiger partial charge on any atom is -0.501 e. The molecule has 31 heavy (non-hydrogen) atoms. The largest absolute Gasteiger partial charge is 1.00 e. The van der Waals surface area contributed by atoms with Crippen molar-refractivity contribution in [3.05, 3.63) is 91.9 Å². The summed E-state index contributed by atoms with van der Waals surface area (Å²) in [5, 5.41) is 2.97. The van der Waals surface area contributed by atoms with E-state index in [1.54, 1.807) is 25.3 Å². The molecule has 5 heteroatoms. The van der Waals surface area contributed by atoms with Gasteiger partial charge in [0.1, 0.15) is 0 Å². The summed E-state index contributed by atoms with van der Waals surface area (Å²) in [6.07, 6.45) is 13.2. The fourth-order valence-corrected chi connectivity index (χ4v) is 3.00. The molecule has 1 aliphatic rings. The van der Waals surface area contributed by atoms with Crippen molar-refractivity contribution in [2.24, 2.45) is 5.92 Å². The molecule has 1 fully saturated rings. The van der Waals surface area contributed by atoms with Crippen LogP contribution in [0.15, 0.2) is 54.5 Å². The second kappa shape index (κ2) is 18.5. The van der Waals surface area contributed by atoms with E-state index in [-0.39, 0.29) is 70.6 Å². The Balaban J connectivity index is 0. The number of carbonyl (C=O) groups is 2. The number of hydrogen-bond donors (Lipinski definition) is 1. The molecule has 2 rings (SSSR count). The molecular formula is C26H36KNO3-2. The zero-order valence-corrected chi connectivity index (χ0v) is 23.0. The summed E-state index contributed by atoms with van der Waals surface area (Å²) in [7, 11) is 1.64. The molecule has 4 nitrogen and oxygen atoms in total. The van der Waals surface area contributed by atoms with Crippen LogP contribution >= 0.6 is 0 Å². The zero-order valence-electron chi connectivity index (χ0n) is 19.9. The number of carbonyl (C=O) groups excluding carboxylic acids is 2. The molecule has 0 bridgehead atoms. The van der Waals surface area contributed by atoms with Crippen LogP contribution in [0.4, 0.5) is 0 Å². The summed E-state index contributed by atoms with van der Waals surface area (Å²) in [6, 6.07) is 5.56. The van der Waals surface area contributed by atoms with Crippen molar-refractivity contribution in [2.75, 3.05) is 7.11 Å². The minimum absolute atomic E-state index is 0. The molecule has 1 aliphatic carbocycles. The van der Waals surface area contributed by atoms with Crippen molar-refractivity contribution in [1.82, 2.24) is 5.32 Å². The van der Waals surface area contributed by atoms with Gasteiger partial charge in [0.15, 0.2) is 0 Å². The van der Waals surface area contributed by atoms with Crippen molar-refractivity contribution in [1.29, 1.82) is 0 Å². The van der Waals surface area contributed by atoms with Gasteiger partial charge in [-0.15, -0.1) is 12.1 Å². The van der Waals surface area contributed by atoms with Crippen LogP contribution in [0.3, 0.4) is 0 Å². The van der Waals surface area contributed by atoms with Crippen LogP contribution in [-0.4, -0.2) is 19.3 Å². The number of rotatable bonds is 7. The second-order valence-electron chi connectivity index (χ2n) is 6.92. The number of nitrogens with one attached hydrogen (secondary N) is 1. The topological polar surface area (TPSA) is 55.4 Å². The molecular weight excluding hydrogens is 413 g/mol. The van der Waals surface area contributed by atoms with Gasteiger partial charge in [-0.1, -0.05) is 51.0 Å². The van der Waals surface area contributed by atoms with E-state index in [0.29, 0.717) is 5.56 Å². The standard InChI is InChI=1S/C16H24NO2.C9H9O.CH3.K/c1-4-9-14(12-15(5-2)19-3)17-16(18)13-10-7-6-8-11-13;1-7-4-3-5-9(6-10)8(7)2;;/h4,6,9,12-13H,1,5,7-8,10-11H2,2-3H3,(H,17,18);3-6H,2H2,1H3;1H3;/q3*-1;+1/b14-9+,15-12+;;;. The van der Waals surface area contributed by atoms with Crippen LogP contribution in [0.5, 0.6) is 0 Å². The predicted molar refractivity (Wildman–Crippen MR) is 126 cm³/mol. The van der Waals surface area contributed by atoms with Crippen LogP contribution in [0.1, 0.15) is 60.5 Å². The Morgan fingerprint density at radius 1 is 1.35 bits per heavy atom. The minimum atomic E-state index is 0. The monoisotopic (exact) mass is 449 g/mol. The number of hydrogen-bond acceptors (Lipinski definition) is 3. The molecule has 166 valence electrons. The third-order valence-electron chi connectivity index (χ3n) is 4.87.